The smallest absolute Gasteiger partial charge is 0.253 e. The Morgan fingerprint density at radius 3 is 2.62 bits per heavy atom. The fraction of sp³-hybridized carbons (Fsp3) is 0.208. The van der Waals surface area contributed by atoms with Gasteiger partial charge in [-0.2, -0.15) is 0 Å². The van der Waals surface area contributed by atoms with E-state index in [4.69, 9.17) is 16.1 Å². The van der Waals surface area contributed by atoms with Gasteiger partial charge in [-0.05, 0) is 37.6 Å². The highest BCUT2D eigenvalue weighted by molar-refractivity contribution is 6.33. The largest absolute Gasteiger partial charge is 0.361 e. The molecule has 2 heterocycles. The van der Waals surface area contributed by atoms with Gasteiger partial charge in [0.25, 0.3) is 5.91 Å². The molecule has 0 bridgehead atoms. The maximum Gasteiger partial charge on any atom is 0.253 e. The van der Waals surface area contributed by atoms with Crippen molar-refractivity contribution in [2.45, 2.75) is 32.9 Å². The zero-order chi connectivity index (χ0) is 22.7. The molecule has 32 heavy (non-hydrogen) atoms. The van der Waals surface area contributed by atoms with E-state index >= 15 is 0 Å². The maximum absolute atomic E-state index is 13.2. The molecule has 1 unspecified atom stereocenters. The number of aryl methyl sites for hydroxylation is 2. The molecule has 2 amide bonds. The number of nitrogens with one attached hydrogen (secondary N) is 3. The summed E-state index contributed by atoms with van der Waals surface area (Å²) in [7, 11) is 0. The average Bonchev–Trinajstić information content (AvgIpc) is 3.34. The summed E-state index contributed by atoms with van der Waals surface area (Å²) in [5, 5.41) is 11.0. The summed E-state index contributed by atoms with van der Waals surface area (Å²) in [5.41, 5.74) is 3.75. The summed E-state index contributed by atoms with van der Waals surface area (Å²) in [5.74, 6) is -0.0697. The van der Waals surface area contributed by atoms with Gasteiger partial charge >= 0.3 is 0 Å². The van der Waals surface area contributed by atoms with E-state index in [1.165, 1.54) is 0 Å². The van der Waals surface area contributed by atoms with Gasteiger partial charge in [0.15, 0.2) is 0 Å². The zero-order valence-corrected chi connectivity index (χ0v) is 18.5. The number of carbonyl (C=O) groups is 2. The van der Waals surface area contributed by atoms with Gasteiger partial charge in [-0.25, -0.2) is 0 Å². The van der Waals surface area contributed by atoms with Crippen LogP contribution < -0.4 is 10.6 Å². The molecule has 0 aliphatic rings. The van der Waals surface area contributed by atoms with Crippen LogP contribution in [0.1, 0.15) is 32.9 Å². The predicted octanol–water partition coefficient (Wildman–Crippen LogP) is 4.08. The fourth-order valence-electron chi connectivity index (χ4n) is 3.66. The number of rotatable bonds is 7. The second-order valence-corrected chi connectivity index (χ2v) is 8.00. The molecule has 8 heteroatoms. The minimum absolute atomic E-state index is 0.256. The van der Waals surface area contributed by atoms with Gasteiger partial charge < -0.3 is 20.1 Å². The van der Waals surface area contributed by atoms with Crippen molar-refractivity contribution in [3.05, 3.63) is 87.9 Å². The Morgan fingerprint density at radius 2 is 1.88 bits per heavy atom. The van der Waals surface area contributed by atoms with Crippen LogP contribution in [-0.2, 0) is 17.8 Å². The Morgan fingerprint density at radius 1 is 1.12 bits per heavy atom. The van der Waals surface area contributed by atoms with Crippen molar-refractivity contribution in [1.29, 1.82) is 0 Å². The van der Waals surface area contributed by atoms with Gasteiger partial charge in [0.1, 0.15) is 11.8 Å². The first-order chi connectivity index (χ1) is 15.4. The van der Waals surface area contributed by atoms with Gasteiger partial charge in [-0.1, -0.05) is 47.1 Å². The summed E-state index contributed by atoms with van der Waals surface area (Å²) >= 11 is 6.18. The molecule has 164 valence electrons. The van der Waals surface area contributed by atoms with Crippen molar-refractivity contribution in [2.24, 2.45) is 0 Å². The van der Waals surface area contributed by atoms with Crippen molar-refractivity contribution >= 4 is 34.3 Å². The normalized spacial score (nSPS) is 12.0. The van der Waals surface area contributed by atoms with Crippen molar-refractivity contribution in [3.63, 3.8) is 0 Å². The second kappa shape index (κ2) is 9.28. The molecule has 1 atom stereocenters. The number of carbonyl (C=O) groups excluding carboxylic acids is 2. The van der Waals surface area contributed by atoms with Crippen LogP contribution in [0.25, 0.3) is 10.9 Å². The number of fused-ring (bicyclic) bond motifs is 1. The van der Waals surface area contributed by atoms with Crippen LogP contribution in [0, 0.1) is 13.8 Å². The summed E-state index contributed by atoms with van der Waals surface area (Å²) in [6, 6.07) is 13.8. The highest BCUT2D eigenvalue weighted by Gasteiger charge is 2.24. The number of amides is 2. The van der Waals surface area contributed by atoms with E-state index in [2.05, 4.69) is 20.8 Å². The summed E-state index contributed by atoms with van der Waals surface area (Å²) in [6.07, 6.45) is 2.18. The zero-order valence-electron chi connectivity index (χ0n) is 17.7. The van der Waals surface area contributed by atoms with E-state index in [9.17, 15) is 9.59 Å². The number of nitrogens with zero attached hydrogens (tertiary/aromatic N) is 1. The molecular weight excluding hydrogens is 428 g/mol. The number of hydrogen-bond acceptors (Lipinski definition) is 4. The van der Waals surface area contributed by atoms with Crippen LogP contribution in [0.5, 0.6) is 0 Å². The Labute approximate surface area is 190 Å². The molecule has 0 radical (unpaired) electrons. The number of hydrogen-bond donors (Lipinski definition) is 3. The molecule has 0 aliphatic carbocycles. The summed E-state index contributed by atoms with van der Waals surface area (Å²) in [6.45, 7) is 3.87. The molecule has 7 nitrogen and oxygen atoms in total. The van der Waals surface area contributed by atoms with E-state index in [0.29, 0.717) is 22.8 Å². The lowest BCUT2D eigenvalue weighted by Gasteiger charge is -2.19. The van der Waals surface area contributed by atoms with Crippen LogP contribution >= 0.6 is 11.6 Å². The van der Waals surface area contributed by atoms with Crippen molar-refractivity contribution in [2.75, 3.05) is 0 Å². The molecular formula is C24H23ClN4O3. The van der Waals surface area contributed by atoms with E-state index in [1.807, 2.05) is 37.4 Å². The Balaban J connectivity index is 1.57. The van der Waals surface area contributed by atoms with Gasteiger partial charge in [0.2, 0.25) is 5.91 Å². The highest BCUT2D eigenvalue weighted by Crippen LogP contribution is 2.20. The first-order valence-corrected chi connectivity index (χ1v) is 10.6. The summed E-state index contributed by atoms with van der Waals surface area (Å²) in [4.78, 5) is 29.3. The number of benzene rings is 2. The molecule has 2 aromatic carbocycles. The lowest BCUT2D eigenvalue weighted by molar-refractivity contribution is -0.123. The lowest BCUT2D eigenvalue weighted by Crippen LogP contribution is -2.48. The first-order valence-electron chi connectivity index (χ1n) is 10.2. The van der Waals surface area contributed by atoms with Crippen molar-refractivity contribution in [3.8, 4) is 0 Å². The van der Waals surface area contributed by atoms with Gasteiger partial charge in [-0.3, -0.25) is 9.59 Å². The van der Waals surface area contributed by atoms with Gasteiger partial charge in [0, 0.05) is 35.6 Å². The first kappa shape index (κ1) is 21.6. The molecule has 0 saturated heterocycles. The highest BCUT2D eigenvalue weighted by atomic mass is 35.5. The third kappa shape index (κ3) is 4.53. The van der Waals surface area contributed by atoms with Gasteiger partial charge in [-0.15, -0.1) is 0 Å². The standard InChI is InChI=1S/C24H23ClN4O3/c1-14-19(15(2)32-29-14)13-27-24(31)22(28-23(30)18-8-3-5-9-20(18)25)11-16-12-26-21-10-6-4-7-17(16)21/h3-10,12,22,26H,11,13H2,1-2H3,(H,27,31)(H,28,30). The van der Waals surface area contributed by atoms with Crippen LogP contribution in [-0.4, -0.2) is 28.0 Å². The molecule has 0 aliphatic heterocycles. The quantitative estimate of drug-likeness (QED) is 0.395. The molecule has 4 rings (SSSR count). The van der Waals surface area contributed by atoms with Crippen LogP contribution in [0.4, 0.5) is 0 Å². The Kier molecular flexibility index (Phi) is 6.28. The van der Waals surface area contributed by atoms with E-state index < -0.39 is 11.9 Å². The number of halogens is 1. The number of para-hydroxylation sites is 1. The van der Waals surface area contributed by atoms with Crippen LogP contribution in [0.3, 0.4) is 0 Å². The Hall–Kier alpha value is -3.58. The molecule has 4 aromatic rings. The molecule has 0 fully saturated rings. The molecule has 3 N–H and O–H groups in total. The molecule has 2 aromatic heterocycles. The number of aromatic nitrogens is 2. The SMILES string of the molecule is Cc1noc(C)c1CNC(=O)C(Cc1c[nH]c2ccccc12)NC(=O)c1ccccc1Cl. The second-order valence-electron chi connectivity index (χ2n) is 7.59. The third-order valence-corrected chi connectivity index (χ3v) is 5.79. The van der Waals surface area contributed by atoms with Crippen molar-refractivity contribution in [1.82, 2.24) is 20.8 Å². The van der Waals surface area contributed by atoms with E-state index in [1.54, 1.807) is 31.2 Å². The number of H-pyrrole nitrogens is 1. The van der Waals surface area contributed by atoms with Gasteiger partial charge in [0.05, 0.1) is 16.3 Å². The van der Waals surface area contributed by atoms with Crippen LogP contribution in [0.2, 0.25) is 5.02 Å². The molecule has 0 spiro atoms. The van der Waals surface area contributed by atoms with Crippen molar-refractivity contribution < 1.29 is 14.1 Å². The number of aromatic amines is 1. The van der Waals surface area contributed by atoms with Crippen LogP contribution in [0.15, 0.2) is 59.3 Å². The monoisotopic (exact) mass is 450 g/mol. The third-order valence-electron chi connectivity index (χ3n) is 5.46. The minimum atomic E-state index is -0.807. The maximum atomic E-state index is 13.2. The Bertz CT molecular complexity index is 1260. The minimum Gasteiger partial charge on any atom is -0.361 e. The topological polar surface area (TPSA) is 100 Å². The summed E-state index contributed by atoms with van der Waals surface area (Å²) < 4.78 is 5.17. The molecule has 0 saturated carbocycles. The van der Waals surface area contributed by atoms with E-state index in [-0.39, 0.29) is 12.5 Å². The fourth-order valence-corrected chi connectivity index (χ4v) is 3.89. The van der Waals surface area contributed by atoms with E-state index in [0.717, 1.165) is 27.7 Å². The predicted molar refractivity (Wildman–Crippen MR) is 123 cm³/mol. The average molecular weight is 451 g/mol. The lowest BCUT2D eigenvalue weighted by atomic mass is 10.0.